The maximum atomic E-state index is 13.5. The Morgan fingerprint density at radius 2 is 1.56 bits per heavy atom. The molecule has 3 aliphatic rings. The van der Waals surface area contributed by atoms with Gasteiger partial charge in [0.25, 0.3) is 0 Å². The van der Waals surface area contributed by atoms with E-state index < -0.39 is 0 Å². The molecule has 2 atom stereocenters. The van der Waals surface area contributed by atoms with Crippen LogP contribution in [0.4, 0.5) is 4.79 Å². The smallest absolute Gasteiger partial charge is 0.410 e. The van der Waals surface area contributed by atoms with Gasteiger partial charge in [-0.25, -0.2) is 4.79 Å². The molecule has 5 nitrogen and oxygen atoms in total. The van der Waals surface area contributed by atoms with Crippen molar-refractivity contribution in [2.24, 2.45) is 0 Å². The number of amides is 1. The van der Waals surface area contributed by atoms with Crippen LogP contribution >= 0.6 is 0 Å². The predicted octanol–water partition coefficient (Wildman–Crippen LogP) is 6.66. The number of fused-ring (bicyclic) bond motifs is 5. The summed E-state index contributed by atoms with van der Waals surface area (Å²) < 4.78 is 17.3. The van der Waals surface area contributed by atoms with E-state index in [-0.39, 0.29) is 24.1 Å². The number of benzene rings is 3. The summed E-state index contributed by atoms with van der Waals surface area (Å²) in [6, 6.07) is 23.0. The van der Waals surface area contributed by atoms with Gasteiger partial charge in [0.15, 0.2) is 11.5 Å². The minimum absolute atomic E-state index is 0.0269. The second kappa shape index (κ2) is 9.38. The molecule has 3 aromatic carbocycles. The van der Waals surface area contributed by atoms with E-state index in [0.29, 0.717) is 6.61 Å². The van der Waals surface area contributed by atoms with Crippen LogP contribution in [0, 0.1) is 0 Å². The molecular weight excluding hydrogens is 450 g/mol. The van der Waals surface area contributed by atoms with E-state index in [2.05, 4.69) is 60.7 Å². The number of ether oxygens (including phenoxy) is 3. The first kappa shape index (κ1) is 22.7. The molecule has 2 heterocycles. The predicted molar refractivity (Wildman–Crippen MR) is 140 cm³/mol. The number of hydrogen-bond acceptors (Lipinski definition) is 4. The number of piperidine rings is 1. The van der Waals surface area contributed by atoms with Crippen LogP contribution in [0.1, 0.15) is 48.3 Å². The van der Waals surface area contributed by atoms with Gasteiger partial charge in [-0.15, -0.1) is 0 Å². The van der Waals surface area contributed by atoms with Crippen molar-refractivity contribution in [3.05, 3.63) is 89.5 Å². The van der Waals surface area contributed by atoms with Crippen molar-refractivity contribution in [1.82, 2.24) is 4.90 Å². The van der Waals surface area contributed by atoms with Crippen LogP contribution in [0.3, 0.4) is 0 Å². The zero-order chi connectivity index (χ0) is 24.6. The molecule has 1 fully saturated rings. The molecule has 0 N–H and O–H groups in total. The highest BCUT2D eigenvalue weighted by Gasteiger charge is 2.39. The third kappa shape index (κ3) is 3.74. The number of carbonyl (C=O) groups excluding carboxylic acids is 1. The third-order valence-corrected chi connectivity index (χ3v) is 7.93. The lowest BCUT2D eigenvalue weighted by molar-refractivity contribution is 0.0538. The van der Waals surface area contributed by atoms with Gasteiger partial charge in [-0.3, -0.25) is 4.90 Å². The molecule has 184 valence electrons. The summed E-state index contributed by atoms with van der Waals surface area (Å²) in [5.74, 6) is 1.54. The molecule has 0 aromatic heterocycles. The number of methoxy groups -OCH3 is 2. The molecule has 1 aliphatic carbocycles. The summed E-state index contributed by atoms with van der Waals surface area (Å²) in [7, 11) is 3.33. The first-order valence-electron chi connectivity index (χ1n) is 12.7. The van der Waals surface area contributed by atoms with Crippen molar-refractivity contribution in [3.8, 4) is 22.6 Å². The molecule has 0 spiro atoms. The van der Waals surface area contributed by atoms with Crippen LogP contribution in [0.2, 0.25) is 0 Å². The molecule has 2 aliphatic heterocycles. The van der Waals surface area contributed by atoms with Crippen LogP contribution in [-0.2, 0) is 4.74 Å². The minimum atomic E-state index is -0.209. The second-order valence-corrected chi connectivity index (χ2v) is 9.80. The van der Waals surface area contributed by atoms with Crippen LogP contribution in [-0.4, -0.2) is 43.9 Å². The highest BCUT2D eigenvalue weighted by Crippen LogP contribution is 2.45. The molecule has 1 saturated heterocycles. The normalized spacial score (nSPS) is 20.3. The average Bonchev–Trinajstić information content (AvgIpc) is 3.24. The van der Waals surface area contributed by atoms with Crippen LogP contribution in [0.5, 0.6) is 11.5 Å². The second-order valence-electron chi connectivity index (χ2n) is 9.80. The molecule has 3 aromatic rings. The highest BCUT2D eigenvalue weighted by atomic mass is 16.6. The van der Waals surface area contributed by atoms with Crippen molar-refractivity contribution in [3.63, 3.8) is 0 Å². The van der Waals surface area contributed by atoms with Crippen molar-refractivity contribution in [1.29, 1.82) is 0 Å². The molecule has 0 saturated carbocycles. The Bertz CT molecular complexity index is 1280. The summed E-state index contributed by atoms with van der Waals surface area (Å²) in [4.78, 5) is 15.5. The largest absolute Gasteiger partial charge is 0.493 e. The Kier molecular flexibility index (Phi) is 5.92. The standard InChI is InChI=1S/C31H31NO4/c1-34-29-16-8-15-23(30(29)35-2)20-17-21-9-7-10-22(18-20)32(21)31(33)36-19-28-26-13-5-3-11-24(26)25-12-4-6-14-27(25)28/h3-6,8,11-17,21-22,28H,7,9-10,18-19H2,1-2H3. The van der Waals surface area contributed by atoms with Crippen LogP contribution < -0.4 is 9.47 Å². The van der Waals surface area contributed by atoms with Gasteiger partial charge in [0.05, 0.1) is 20.3 Å². The van der Waals surface area contributed by atoms with E-state index >= 15 is 0 Å². The van der Waals surface area contributed by atoms with Crippen LogP contribution in [0.15, 0.2) is 72.8 Å². The van der Waals surface area contributed by atoms with Crippen molar-refractivity contribution >= 4 is 11.7 Å². The Labute approximate surface area is 212 Å². The zero-order valence-corrected chi connectivity index (χ0v) is 20.8. The van der Waals surface area contributed by atoms with E-state index in [4.69, 9.17) is 14.2 Å². The summed E-state index contributed by atoms with van der Waals surface area (Å²) in [6.07, 6.45) is 5.83. The summed E-state index contributed by atoms with van der Waals surface area (Å²) in [6.45, 7) is 0.350. The Hall–Kier alpha value is -3.73. The lowest BCUT2D eigenvalue weighted by atomic mass is 9.83. The zero-order valence-electron chi connectivity index (χ0n) is 20.8. The van der Waals surface area contributed by atoms with Gasteiger partial charge in [-0.1, -0.05) is 66.7 Å². The number of nitrogens with zero attached hydrogens (tertiary/aromatic N) is 1. The van der Waals surface area contributed by atoms with Gasteiger partial charge in [0.2, 0.25) is 0 Å². The molecule has 36 heavy (non-hydrogen) atoms. The van der Waals surface area contributed by atoms with Crippen molar-refractivity contribution in [2.75, 3.05) is 20.8 Å². The summed E-state index contributed by atoms with van der Waals surface area (Å²) in [5, 5.41) is 0. The van der Waals surface area contributed by atoms with Gasteiger partial charge in [-0.2, -0.15) is 0 Å². The number of carbonyl (C=O) groups is 1. The topological polar surface area (TPSA) is 48.0 Å². The lowest BCUT2D eigenvalue weighted by Crippen LogP contribution is -2.51. The molecule has 2 bridgehead atoms. The van der Waals surface area contributed by atoms with Gasteiger partial charge >= 0.3 is 6.09 Å². The fourth-order valence-corrected chi connectivity index (χ4v) is 6.32. The lowest BCUT2D eigenvalue weighted by Gasteiger charge is -2.44. The molecule has 6 rings (SSSR count). The summed E-state index contributed by atoms with van der Waals surface area (Å²) >= 11 is 0. The molecule has 2 unspecified atom stereocenters. The fourth-order valence-electron chi connectivity index (χ4n) is 6.32. The van der Waals surface area contributed by atoms with Gasteiger partial charge in [0.1, 0.15) is 6.61 Å². The number of hydrogen-bond donors (Lipinski definition) is 0. The quantitative estimate of drug-likeness (QED) is 0.409. The van der Waals surface area contributed by atoms with E-state index in [0.717, 1.165) is 42.7 Å². The molecule has 1 amide bonds. The first-order chi connectivity index (χ1) is 17.7. The Morgan fingerprint density at radius 1 is 0.861 bits per heavy atom. The van der Waals surface area contributed by atoms with E-state index in [1.54, 1.807) is 14.2 Å². The first-order valence-corrected chi connectivity index (χ1v) is 12.7. The Balaban J connectivity index is 1.23. The van der Waals surface area contributed by atoms with E-state index in [1.165, 1.54) is 27.8 Å². The Morgan fingerprint density at radius 3 is 2.22 bits per heavy atom. The maximum absolute atomic E-state index is 13.5. The molecular formula is C31H31NO4. The fraction of sp³-hybridized carbons (Fsp3) is 0.323. The van der Waals surface area contributed by atoms with Crippen molar-refractivity contribution in [2.45, 2.75) is 43.7 Å². The minimum Gasteiger partial charge on any atom is -0.493 e. The number of rotatable bonds is 5. The van der Waals surface area contributed by atoms with Gasteiger partial charge < -0.3 is 14.2 Å². The van der Waals surface area contributed by atoms with Crippen molar-refractivity contribution < 1.29 is 19.0 Å². The van der Waals surface area contributed by atoms with E-state index in [1.807, 2.05) is 17.0 Å². The highest BCUT2D eigenvalue weighted by molar-refractivity contribution is 5.80. The number of para-hydroxylation sites is 1. The maximum Gasteiger partial charge on any atom is 0.410 e. The van der Waals surface area contributed by atoms with E-state index in [9.17, 15) is 4.79 Å². The average molecular weight is 482 g/mol. The molecule has 5 heteroatoms. The van der Waals surface area contributed by atoms with Gasteiger partial charge in [0, 0.05) is 17.5 Å². The van der Waals surface area contributed by atoms with Gasteiger partial charge in [-0.05, 0) is 59.6 Å². The van der Waals surface area contributed by atoms with Crippen LogP contribution in [0.25, 0.3) is 16.7 Å². The summed E-state index contributed by atoms with van der Waals surface area (Å²) in [5.41, 5.74) is 7.20. The molecule has 0 radical (unpaired) electrons. The monoisotopic (exact) mass is 481 g/mol. The third-order valence-electron chi connectivity index (χ3n) is 7.93. The SMILES string of the molecule is COc1cccc(C2=CC3CCCC(C2)N3C(=O)OCC2c3ccccc3-c3ccccc32)c1OC.